The molecule has 2 fully saturated rings. The Bertz CT molecular complexity index is 791. The number of aromatic nitrogens is 3. The number of hydrogen-bond donors (Lipinski definition) is 1. The minimum Gasteiger partial charge on any atom is -0.460 e. The molecule has 1 N–H and O–H groups in total. The van der Waals surface area contributed by atoms with Gasteiger partial charge in [0.2, 0.25) is 5.01 Å². The second-order valence-electron chi connectivity index (χ2n) is 6.90. The van der Waals surface area contributed by atoms with E-state index in [1.54, 1.807) is 0 Å². The minimum atomic E-state index is -4.48. The first kappa shape index (κ1) is 18.4. The Morgan fingerprint density at radius 2 is 2.00 bits per heavy atom. The molecule has 0 radical (unpaired) electrons. The van der Waals surface area contributed by atoms with Gasteiger partial charge in [0.05, 0.1) is 0 Å². The van der Waals surface area contributed by atoms with Crippen LogP contribution in [-0.4, -0.2) is 46.7 Å². The fraction of sp³-hybridized carbons (Fsp3) is 0.588. The van der Waals surface area contributed by atoms with Crippen LogP contribution in [0.2, 0.25) is 0 Å². The maximum Gasteiger partial charge on any atom is 0.443 e. The lowest BCUT2D eigenvalue weighted by atomic mass is 9.96. The van der Waals surface area contributed by atoms with Crippen LogP contribution in [0, 0.1) is 0 Å². The van der Waals surface area contributed by atoms with Crippen molar-refractivity contribution in [2.75, 3.05) is 24.5 Å². The third kappa shape index (κ3) is 4.01. The quantitative estimate of drug-likeness (QED) is 0.851. The van der Waals surface area contributed by atoms with Crippen LogP contribution in [0.4, 0.5) is 18.2 Å². The predicted octanol–water partition coefficient (Wildman–Crippen LogP) is 3.35. The molecule has 1 aliphatic heterocycles. The third-order valence-corrected chi connectivity index (χ3v) is 5.89. The highest BCUT2D eigenvalue weighted by Crippen LogP contribution is 2.42. The molecule has 3 heterocycles. The third-order valence-electron chi connectivity index (χ3n) is 4.73. The number of halogens is 3. The molecule has 1 saturated carbocycles. The van der Waals surface area contributed by atoms with Crippen molar-refractivity contribution in [3.8, 4) is 17.3 Å². The molecule has 0 aromatic carbocycles. The molecule has 0 amide bonds. The first-order chi connectivity index (χ1) is 12.9. The van der Waals surface area contributed by atoms with Crippen LogP contribution in [0.1, 0.15) is 31.2 Å². The summed E-state index contributed by atoms with van der Waals surface area (Å²) in [5.41, 5.74) is 0.737. The lowest BCUT2D eigenvalue weighted by Gasteiger charge is -2.32. The number of alkyl halides is 3. The first-order valence-corrected chi connectivity index (χ1v) is 9.77. The predicted molar refractivity (Wildman–Crippen MR) is 96.1 cm³/mol. The van der Waals surface area contributed by atoms with Crippen molar-refractivity contribution < 1.29 is 17.9 Å². The molecule has 2 aromatic heterocycles. The van der Waals surface area contributed by atoms with Crippen LogP contribution >= 0.6 is 11.3 Å². The largest absolute Gasteiger partial charge is 0.460 e. The van der Waals surface area contributed by atoms with Gasteiger partial charge in [0.1, 0.15) is 16.8 Å². The summed E-state index contributed by atoms with van der Waals surface area (Å²) < 4.78 is 45.4. The van der Waals surface area contributed by atoms with Crippen molar-refractivity contribution >= 4 is 16.3 Å². The normalized spacial score (nSPS) is 21.2. The van der Waals surface area contributed by atoms with Crippen molar-refractivity contribution in [1.82, 2.24) is 20.3 Å². The van der Waals surface area contributed by atoms with E-state index < -0.39 is 11.2 Å². The first-order valence-electron chi connectivity index (χ1n) is 8.95. The van der Waals surface area contributed by atoms with E-state index in [0.29, 0.717) is 41.5 Å². The van der Waals surface area contributed by atoms with Gasteiger partial charge in [-0.3, -0.25) is 0 Å². The Kier molecular flexibility index (Phi) is 4.94. The van der Waals surface area contributed by atoms with Gasteiger partial charge in [-0.05, 0) is 26.2 Å². The highest BCUT2D eigenvalue weighted by molar-refractivity contribution is 7.16. The number of nitrogens with one attached hydrogen (secondary N) is 1. The van der Waals surface area contributed by atoms with E-state index >= 15 is 0 Å². The number of thiazole rings is 1. The summed E-state index contributed by atoms with van der Waals surface area (Å²) in [6, 6.07) is 0.449. The topological polar surface area (TPSA) is 63.2 Å². The molecular weight excluding hydrogens is 379 g/mol. The number of anilines is 1. The summed E-state index contributed by atoms with van der Waals surface area (Å²) in [7, 11) is 0. The molecule has 0 unspecified atom stereocenters. The maximum absolute atomic E-state index is 13.3. The van der Waals surface area contributed by atoms with E-state index in [1.807, 2.05) is 11.8 Å². The summed E-state index contributed by atoms with van der Waals surface area (Å²) in [6.45, 7) is 3.97. The van der Waals surface area contributed by atoms with Gasteiger partial charge in [-0.25, -0.2) is 15.0 Å². The molecule has 1 atom stereocenters. The average Bonchev–Trinajstić information content (AvgIpc) is 3.04. The zero-order valence-corrected chi connectivity index (χ0v) is 15.6. The van der Waals surface area contributed by atoms with Crippen LogP contribution in [-0.2, 0) is 6.18 Å². The summed E-state index contributed by atoms with van der Waals surface area (Å²) in [6.07, 6.45) is 1.75. The summed E-state index contributed by atoms with van der Waals surface area (Å²) in [5.74, 6) is 0. The van der Waals surface area contributed by atoms with Crippen molar-refractivity contribution in [2.24, 2.45) is 0 Å². The fourth-order valence-electron chi connectivity index (χ4n) is 3.09. The van der Waals surface area contributed by atoms with Crippen molar-refractivity contribution in [3.05, 3.63) is 17.4 Å². The van der Waals surface area contributed by atoms with Crippen molar-refractivity contribution in [1.29, 1.82) is 0 Å². The molecular formula is C17H20F3N5OS. The average molecular weight is 399 g/mol. The molecule has 10 heteroatoms. The number of ether oxygens (including phenoxy) is 1. The molecule has 2 aromatic rings. The molecule has 1 saturated heterocycles. The molecule has 6 nitrogen and oxygen atoms in total. The second kappa shape index (κ2) is 7.23. The SMILES string of the molecule is C[C@@H]1CN(c2sc(C(F)(F)F)nc2-c2cnc(OC3CCC3)nc2)CCN1. The minimum absolute atomic E-state index is 0.143. The Morgan fingerprint density at radius 3 is 2.59 bits per heavy atom. The van der Waals surface area contributed by atoms with E-state index in [0.717, 1.165) is 19.3 Å². The molecule has 1 aliphatic carbocycles. The van der Waals surface area contributed by atoms with Crippen LogP contribution in [0.3, 0.4) is 0 Å². The highest BCUT2D eigenvalue weighted by atomic mass is 32.1. The van der Waals surface area contributed by atoms with Crippen molar-refractivity contribution in [3.63, 3.8) is 0 Å². The van der Waals surface area contributed by atoms with E-state index in [-0.39, 0.29) is 23.9 Å². The van der Waals surface area contributed by atoms with Gasteiger partial charge in [-0.15, -0.1) is 0 Å². The lowest BCUT2D eigenvalue weighted by Crippen LogP contribution is -2.49. The highest BCUT2D eigenvalue weighted by Gasteiger charge is 2.37. The number of hydrogen-bond acceptors (Lipinski definition) is 7. The molecule has 146 valence electrons. The van der Waals surface area contributed by atoms with E-state index in [2.05, 4.69) is 20.3 Å². The molecule has 4 rings (SSSR count). The fourth-order valence-corrected chi connectivity index (χ4v) is 4.08. The standard InChI is InChI=1S/C17H20F3N5OS/c1-10-9-25(6-5-21-10)14-13(24-15(27-14)17(18,19)20)11-7-22-16(23-8-11)26-12-3-2-4-12/h7-8,10,12,21H,2-6,9H2,1H3/t10-/m1/s1. The zero-order valence-electron chi connectivity index (χ0n) is 14.8. The molecule has 0 spiro atoms. The van der Waals surface area contributed by atoms with Crippen molar-refractivity contribution in [2.45, 2.75) is 44.5 Å². The zero-order chi connectivity index (χ0) is 19.0. The number of rotatable bonds is 4. The molecule has 2 aliphatic rings. The van der Waals surface area contributed by atoms with Gasteiger partial charge in [0.15, 0.2) is 0 Å². The maximum atomic E-state index is 13.3. The smallest absolute Gasteiger partial charge is 0.443 e. The molecule has 27 heavy (non-hydrogen) atoms. The second-order valence-corrected chi connectivity index (χ2v) is 7.87. The molecule has 0 bridgehead atoms. The lowest BCUT2D eigenvalue weighted by molar-refractivity contribution is -0.137. The number of piperazine rings is 1. The Morgan fingerprint density at radius 1 is 1.26 bits per heavy atom. The van der Waals surface area contributed by atoms with Gasteiger partial charge < -0.3 is 15.0 Å². The Balaban J connectivity index is 1.64. The summed E-state index contributed by atoms with van der Waals surface area (Å²) in [4.78, 5) is 14.2. The Labute approximate surface area is 158 Å². The summed E-state index contributed by atoms with van der Waals surface area (Å²) in [5, 5.41) is 2.95. The Hall–Kier alpha value is -1.94. The monoisotopic (exact) mass is 399 g/mol. The van der Waals surface area contributed by atoms with Gasteiger partial charge in [0.25, 0.3) is 0 Å². The van der Waals surface area contributed by atoms with Crippen LogP contribution in [0.5, 0.6) is 6.01 Å². The van der Waals surface area contributed by atoms with Gasteiger partial charge in [-0.1, -0.05) is 11.3 Å². The van der Waals surface area contributed by atoms with Crippen LogP contribution in [0.15, 0.2) is 12.4 Å². The summed E-state index contributed by atoms with van der Waals surface area (Å²) >= 11 is 0.673. The van der Waals surface area contributed by atoms with Gasteiger partial charge in [0, 0.05) is 43.6 Å². The number of nitrogens with zero attached hydrogens (tertiary/aromatic N) is 4. The van der Waals surface area contributed by atoms with E-state index in [1.165, 1.54) is 12.4 Å². The van der Waals surface area contributed by atoms with Crippen LogP contribution in [0.25, 0.3) is 11.3 Å². The van der Waals surface area contributed by atoms with Gasteiger partial charge in [-0.2, -0.15) is 13.2 Å². The van der Waals surface area contributed by atoms with E-state index in [9.17, 15) is 13.2 Å². The van der Waals surface area contributed by atoms with Crippen LogP contribution < -0.4 is 15.0 Å². The van der Waals surface area contributed by atoms with E-state index in [4.69, 9.17) is 4.74 Å². The van der Waals surface area contributed by atoms with Gasteiger partial charge >= 0.3 is 12.2 Å².